The monoisotopic (exact) mass is 288 g/mol. The van der Waals surface area contributed by atoms with Crippen LogP contribution in [0.2, 0.25) is 0 Å². The van der Waals surface area contributed by atoms with E-state index in [-0.39, 0.29) is 0 Å². The van der Waals surface area contributed by atoms with E-state index in [0.29, 0.717) is 5.41 Å². The molecule has 1 aromatic carbocycles. The van der Waals surface area contributed by atoms with E-state index in [1.165, 1.54) is 56.4 Å². The smallest absolute Gasteiger partial charge is 0.0398 e. The molecular weight excluding hydrogens is 256 g/mol. The highest BCUT2D eigenvalue weighted by atomic mass is 15.1. The van der Waals surface area contributed by atoms with E-state index in [1.807, 2.05) is 0 Å². The highest BCUT2D eigenvalue weighted by molar-refractivity contribution is 5.55. The molecule has 1 aromatic rings. The molecule has 0 saturated carbocycles. The molecule has 118 valence electrons. The molecule has 1 aliphatic heterocycles. The van der Waals surface area contributed by atoms with E-state index in [9.17, 15) is 0 Å². The van der Waals surface area contributed by atoms with Crippen molar-refractivity contribution >= 4 is 5.69 Å². The van der Waals surface area contributed by atoms with Crippen LogP contribution in [0.3, 0.4) is 0 Å². The zero-order valence-electron chi connectivity index (χ0n) is 14.1. The standard InChI is InChI=1S/C19H32N2/c1-4-13-20-15-19(5-2,6-3)16-21-14-9-11-17-10-7-8-12-18(17)21/h7-8,10,12,20H,4-6,9,11,13-16H2,1-3H3. The van der Waals surface area contributed by atoms with Crippen LogP contribution in [0, 0.1) is 5.41 Å². The van der Waals surface area contributed by atoms with Gasteiger partial charge in [-0.25, -0.2) is 0 Å². The van der Waals surface area contributed by atoms with E-state index >= 15 is 0 Å². The SMILES string of the molecule is CCCNCC(CC)(CC)CN1CCCc2ccccc21. The Morgan fingerprint density at radius 1 is 1.14 bits per heavy atom. The fourth-order valence-electron chi connectivity index (χ4n) is 3.49. The number of hydrogen-bond donors (Lipinski definition) is 1. The second kappa shape index (κ2) is 7.84. The van der Waals surface area contributed by atoms with Crippen molar-refractivity contribution in [2.75, 3.05) is 31.1 Å². The van der Waals surface area contributed by atoms with Gasteiger partial charge in [-0.3, -0.25) is 0 Å². The van der Waals surface area contributed by atoms with Crippen LogP contribution in [0.15, 0.2) is 24.3 Å². The summed E-state index contributed by atoms with van der Waals surface area (Å²) in [6, 6.07) is 8.98. The first-order valence-electron chi connectivity index (χ1n) is 8.78. The summed E-state index contributed by atoms with van der Waals surface area (Å²) in [6.45, 7) is 11.6. The number of nitrogens with zero attached hydrogens (tertiary/aromatic N) is 1. The van der Waals surface area contributed by atoms with Gasteiger partial charge in [0.15, 0.2) is 0 Å². The van der Waals surface area contributed by atoms with Crippen LogP contribution < -0.4 is 10.2 Å². The lowest BCUT2D eigenvalue weighted by Gasteiger charge is -2.41. The van der Waals surface area contributed by atoms with E-state index in [2.05, 4.69) is 55.3 Å². The summed E-state index contributed by atoms with van der Waals surface area (Å²) in [4.78, 5) is 2.64. The fourth-order valence-corrected chi connectivity index (χ4v) is 3.49. The summed E-state index contributed by atoms with van der Waals surface area (Å²) >= 11 is 0. The van der Waals surface area contributed by atoms with Crippen LogP contribution in [0.5, 0.6) is 0 Å². The first-order chi connectivity index (χ1) is 10.2. The maximum atomic E-state index is 3.66. The van der Waals surface area contributed by atoms with Crippen molar-refractivity contribution in [3.63, 3.8) is 0 Å². The van der Waals surface area contributed by atoms with Gasteiger partial charge >= 0.3 is 0 Å². The van der Waals surface area contributed by atoms with Crippen molar-refractivity contribution in [2.45, 2.75) is 52.9 Å². The number of fused-ring (bicyclic) bond motifs is 1. The Kier molecular flexibility index (Phi) is 6.10. The molecule has 0 aliphatic carbocycles. The normalized spacial score (nSPS) is 15.1. The van der Waals surface area contributed by atoms with E-state index in [1.54, 1.807) is 0 Å². The number of aryl methyl sites for hydroxylation is 1. The number of anilines is 1. The lowest BCUT2D eigenvalue weighted by atomic mass is 9.81. The molecule has 0 fully saturated rings. The van der Waals surface area contributed by atoms with Gasteiger partial charge < -0.3 is 10.2 Å². The largest absolute Gasteiger partial charge is 0.371 e. The lowest BCUT2D eigenvalue weighted by molar-refractivity contribution is 0.251. The van der Waals surface area contributed by atoms with E-state index in [4.69, 9.17) is 0 Å². The molecule has 0 bridgehead atoms. The zero-order valence-corrected chi connectivity index (χ0v) is 14.1. The molecule has 1 N–H and O–H groups in total. The maximum Gasteiger partial charge on any atom is 0.0398 e. The van der Waals surface area contributed by atoms with Gasteiger partial charge in [0.1, 0.15) is 0 Å². The molecular formula is C19H32N2. The van der Waals surface area contributed by atoms with Crippen molar-refractivity contribution in [1.82, 2.24) is 5.32 Å². The van der Waals surface area contributed by atoms with Gasteiger partial charge in [-0.2, -0.15) is 0 Å². The third-order valence-electron chi connectivity index (χ3n) is 5.16. The first-order valence-corrected chi connectivity index (χ1v) is 8.78. The van der Waals surface area contributed by atoms with Crippen LogP contribution in [-0.2, 0) is 6.42 Å². The molecule has 2 heteroatoms. The third kappa shape index (κ3) is 4.00. The Balaban J connectivity index is 2.10. The summed E-state index contributed by atoms with van der Waals surface area (Å²) in [5.41, 5.74) is 3.41. The van der Waals surface area contributed by atoms with Crippen molar-refractivity contribution < 1.29 is 0 Å². The predicted octanol–water partition coefficient (Wildman–Crippen LogP) is 4.25. The van der Waals surface area contributed by atoms with Crippen LogP contribution in [0.4, 0.5) is 5.69 Å². The highest BCUT2D eigenvalue weighted by Crippen LogP contribution is 2.33. The molecule has 0 spiro atoms. The lowest BCUT2D eigenvalue weighted by Crippen LogP contribution is -2.45. The van der Waals surface area contributed by atoms with Crippen molar-refractivity contribution in [3.8, 4) is 0 Å². The highest BCUT2D eigenvalue weighted by Gasteiger charge is 2.30. The maximum absolute atomic E-state index is 3.66. The average Bonchev–Trinajstić information content (AvgIpc) is 2.54. The Labute approximate surface area is 130 Å². The van der Waals surface area contributed by atoms with Gasteiger partial charge in [-0.05, 0) is 55.7 Å². The minimum Gasteiger partial charge on any atom is -0.371 e. The summed E-state index contributed by atoms with van der Waals surface area (Å²) in [5, 5.41) is 3.66. The van der Waals surface area contributed by atoms with Crippen LogP contribution in [0.25, 0.3) is 0 Å². The quantitative estimate of drug-likeness (QED) is 0.720. The summed E-state index contributed by atoms with van der Waals surface area (Å²) in [6.07, 6.45) is 6.25. The van der Waals surface area contributed by atoms with Crippen molar-refractivity contribution in [3.05, 3.63) is 29.8 Å². The predicted molar refractivity (Wildman–Crippen MR) is 93.2 cm³/mol. The second-order valence-corrected chi connectivity index (χ2v) is 6.54. The second-order valence-electron chi connectivity index (χ2n) is 6.54. The summed E-state index contributed by atoms with van der Waals surface area (Å²) in [5.74, 6) is 0. The van der Waals surface area contributed by atoms with Crippen molar-refractivity contribution in [1.29, 1.82) is 0 Å². The Morgan fingerprint density at radius 2 is 1.90 bits per heavy atom. The molecule has 0 saturated heterocycles. The number of para-hydroxylation sites is 1. The fraction of sp³-hybridized carbons (Fsp3) is 0.684. The number of nitrogens with one attached hydrogen (secondary N) is 1. The molecule has 21 heavy (non-hydrogen) atoms. The molecule has 1 aliphatic rings. The Hall–Kier alpha value is -1.02. The molecule has 2 nitrogen and oxygen atoms in total. The Bertz CT molecular complexity index is 423. The number of rotatable bonds is 8. The van der Waals surface area contributed by atoms with Gasteiger partial charge in [0, 0.05) is 25.3 Å². The van der Waals surface area contributed by atoms with Gasteiger partial charge in [-0.15, -0.1) is 0 Å². The number of hydrogen-bond acceptors (Lipinski definition) is 2. The van der Waals surface area contributed by atoms with Crippen LogP contribution in [-0.4, -0.2) is 26.2 Å². The Morgan fingerprint density at radius 3 is 2.62 bits per heavy atom. The molecule has 0 unspecified atom stereocenters. The van der Waals surface area contributed by atoms with Crippen LogP contribution >= 0.6 is 0 Å². The van der Waals surface area contributed by atoms with Gasteiger partial charge in [0.05, 0.1) is 0 Å². The first kappa shape index (κ1) is 16.4. The minimum atomic E-state index is 0.402. The third-order valence-corrected chi connectivity index (χ3v) is 5.16. The molecule has 0 radical (unpaired) electrons. The zero-order chi connectivity index (χ0) is 15.1. The number of benzene rings is 1. The minimum absolute atomic E-state index is 0.402. The summed E-state index contributed by atoms with van der Waals surface area (Å²) in [7, 11) is 0. The topological polar surface area (TPSA) is 15.3 Å². The van der Waals surface area contributed by atoms with Gasteiger partial charge in [0.2, 0.25) is 0 Å². The average molecular weight is 288 g/mol. The van der Waals surface area contributed by atoms with Gasteiger partial charge in [-0.1, -0.05) is 39.0 Å². The van der Waals surface area contributed by atoms with Crippen LogP contribution in [0.1, 0.15) is 52.0 Å². The molecule has 2 rings (SSSR count). The molecule has 0 amide bonds. The van der Waals surface area contributed by atoms with Crippen molar-refractivity contribution in [2.24, 2.45) is 5.41 Å². The van der Waals surface area contributed by atoms with Gasteiger partial charge in [0.25, 0.3) is 0 Å². The van der Waals surface area contributed by atoms with E-state index in [0.717, 1.165) is 13.1 Å². The molecule has 1 heterocycles. The molecule has 0 aromatic heterocycles. The molecule has 0 atom stereocenters. The summed E-state index contributed by atoms with van der Waals surface area (Å²) < 4.78 is 0. The van der Waals surface area contributed by atoms with E-state index < -0.39 is 0 Å².